The third-order valence-electron chi connectivity index (χ3n) is 3.31. The van der Waals surface area contributed by atoms with E-state index < -0.39 is 0 Å². The Morgan fingerprint density at radius 3 is 2.21 bits per heavy atom. The summed E-state index contributed by atoms with van der Waals surface area (Å²) < 4.78 is 1.12. The van der Waals surface area contributed by atoms with Crippen molar-refractivity contribution in [2.45, 2.75) is 32.7 Å². The number of rotatable bonds is 4. The molecule has 0 aliphatic carbocycles. The molecule has 100 valence electrons. The van der Waals surface area contributed by atoms with E-state index in [4.69, 9.17) is 0 Å². The highest BCUT2D eigenvalue weighted by molar-refractivity contribution is 9.10. The molecule has 0 heterocycles. The first-order chi connectivity index (χ1) is 9.06. The molecule has 0 radical (unpaired) electrons. The van der Waals surface area contributed by atoms with Gasteiger partial charge in [0.15, 0.2) is 0 Å². The molecule has 0 spiro atoms. The minimum atomic E-state index is 0.301. The number of hydrogen-bond acceptors (Lipinski definition) is 1. The fourth-order valence-corrected chi connectivity index (χ4v) is 2.34. The van der Waals surface area contributed by atoms with Gasteiger partial charge in [-0.05, 0) is 48.2 Å². The Morgan fingerprint density at radius 2 is 1.58 bits per heavy atom. The molecule has 1 N–H and O–H groups in total. The summed E-state index contributed by atoms with van der Waals surface area (Å²) >= 11 is 3.47. The van der Waals surface area contributed by atoms with Crippen LogP contribution in [0.1, 0.15) is 43.9 Å². The standard InChI is InChI=1S/C17H20BrN/c1-12(2)15-5-4-6-17(11-15)19-13(3)14-7-9-16(18)10-8-14/h4-13,19H,1-3H3. The van der Waals surface area contributed by atoms with Crippen LogP contribution in [0.2, 0.25) is 0 Å². The van der Waals surface area contributed by atoms with Crippen molar-refractivity contribution in [3.8, 4) is 0 Å². The van der Waals surface area contributed by atoms with Crippen molar-refractivity contribution >= 4 is 21.6 Å². The van der Waals surface area contributed by atoms with Crippen LogP contribution in [-0.2, 0) is 0 Å². The molecule has 0 saturated carbocycles. The molecular formula is C17H20BrN. The number of hydrogen-bond donors (Lipinski definition) is 1. The maximum Gasteiger partial charge on any atom is 0.0485 e. The van der Waals surface area contributed by atoms with Crippen molar-refractivity contribution in [1.29, 1.82) is 0 Å². The average molecular weight is 318 g/mol. The summed E-state index contributed by atoms with van der Waals surface area (Å²) in [4.78, 5) is 0. The monoisotopic (exact) mass is 317 g/mol. The third-order valence-corrected chi connectivity index (χ3v) is 3.84. The van der Waals surface area contributed by atoms with Gasteiger partial charge in [0.25, 0.3) is 0 Å². The fourth-order valence-electron chi connectivity index (χ4n) is 2.07. The first-order valence-corrected chi connectivity index (χ1v) is 7.47. The third kappa shape index (κ3) is 3.84. The van der Waals surface area contributed by atoms with Gasteiger partial charge >= 0.3 is 0 Å². The van der Waals surface area contributed by atoms with E-state index in [1.807, 2.05) is 0 Å². The molecule has 1 nitrogen and oxygen atoms in total. The lowest BCUT2D eigenvalue weighted by Gasteiger charge is -2.17. The second-order valence-corrected chi connectivity index (χ2v) is 6.11. The molecule has 0 amide bonds. The van der Waals surface area contributed by atoms with Crippen LogP contribution in [0.3, 0.4) is 0 Å². The molecule has 0 aromatic heterocycles. The zero-order valence-electron chi connectivity index (χ0n) is 11.7. The van der Waals surface area contributed by atoms with Crippen molar-refractivity contribution in [1.82, 2.24) is 0 Å². The van der Waals surface area contributed by atoms with E-state index in [0.717, 1.165) is 4.47 Å². The quantitative estimate of drug-likeness (QED) is 0.757. The van der Waals surface area contributed by atoms with Gasteiger partial charge in [0.1, 0.15) is 0 Å². The van der Waals surface area contributed by atoms with Gasteiger partial charge in [0, 0.05) is 16.2 Å². The van der Waals surface area contributed by atoms with Gasteiger partial charge in [-0.15, -0.1) is 0 Å². The van der Waals surface area contributed by atoms with Crippen molar-refractivity contribution in [2.75, 3.05) is 5.32 Å². The van der Waals surface area contributed by atoms with Crippen LogP contribution in [0, 0.1) is 0 Å². The minimum Gasteiger partial charge on any atom is -0.379 e. The van der Waals surface area contributed by atoms with Gasteiger partial charge in [-0.3, -0.25) is 0 Å². The zero-order chi connectivity index (χ0) is 13.8. The maximum atomic E-state index is 3.56. The SMILES string of the molecule is CC(C)c1cccc(NC(C)c2ccc(Br)cc2)c1. The minimum absolute atomic E-state index is 0.301. The maximum absolute atomic E-state index is 3.56. The molecule has 0 fully saturated rings. The van der Waals surface area contributed by atoms with E-state index in [1.54, 1.807) is 0 Å². The second kappa shape index (κ2) is 6.25. The molecule has 19 heavy (non-hydrogen) atoms. The van der Waals surface area contributed by atoms with Crippen LogP contribution in [-0.4, -0.2) is 0 Å². The molecule has 0 saturated heterocycles. The predicted molar refractivity (Wildman–Crippen MR) is 86.7 cm³/mol. The molecule has 0 bridgehead atoms. The van der Waals surface area contributed by atoms with Gasteiger partial charge in [-0.25, -0.2) is 0 Å². The van der Waals surface area contributed by atoms with Crippen LogP contribution < -0.4 is 5.32 Å². The van der Waals surface area contributed by atoms with E-state index in [2.05, 4.69) is 90.5 Å². The van der Waals surface area contributed by atoms with E-state index >= 15 is 0 Å². The Kier molecular flexibility index (Phi) is 4.65. The molecule has 1 unspecified atom stereocenters. The van der Waals surface area contributed by atoms with Gasteiger partial charge in [-0.2, -0.15) is 0 Å². The van der Waals surface area contributed by atoms with E-state index in [-0.39, 0.29) is 0 Å². The zero-order valence-corrected chi connectivity index (χ0v) is 13.2. The molecule has 2 rings (SSSR count). The first-order valence-electron chi connectivity index (χ1n) is 6.68. The van der Waals surface area contributed by atoms with Crippen LogP contribution in [0.5, 0.6) is 0 Å². The molecular weight excluding hydrogens is 298 g/mol. The lowest BCUT2D eigenvalue weighted by atomic mass is 10.0. The van der Waals surface area contributed by atoms with Crippen molar-refractivity contribution < 1.29 is 0 Å². The Balaban J connectivity index is 2.12. The average Bonchev–Trinajstić information content (AvgIpc) is 2.39. The lowest BCUT2D eigenvalue weighted by molar-refractivity contribution is 0.858. The van der Waals surface area contributed by atoms with Gasteiger partial charge < -0.3 is 5.32 Å². The summed E-state index contributed by atoms with van der Waals surface area (Å²) in [6.07, 6.45) is 0. The van der Waals surface area contributed by atoms with Crippen molar-refractivity contribution in [3.05, 3.63) is 64.1 Å². The normalized spacial score (nSPS) is 12.5. The largest absolute Gasteiger partial charge is 0.379 e. The summed E-state index contributed by atoms with van der Waals surface area (Å²) in [6.45, 7) is 6.62. The Morgan fingerprint density at radius 1 is 0.895 bits per heavy atom. The lowest BCUT2D eigenvalue weighted by Crippen LogP contribution is -2.06. The molecule has 0 aliphatic heterocycles. The van der Waals surface area contributed by atoms with Gasteiger partial charge in [-0.1, -0.05) is 54.0 Å². The number of anilines is 1. The summed E-state index contributed by atoms with van der Waals surface area (Å²) in [7, 11) is 0. The van der Waals surface area contributed by atoms with E-state index in [9.17, 15) is 0 Å². The Labute approximate surface area is 124 Å². The molecule has 0 aliphatic rings. The number of nitrogens with one attached hydrogen (secondary N) is 1. The summed E-state index contributed by atoms with van der Waals surface area (Å²) in [6, 6.07) is 17.4. The highest BCUT2D eigenvalue weighted by Gasteiger charge is 2.06. The molecule has 2 aromatic carbocycles. The second-order valence-electron chi connectivity index (χ2n) is 5.20. The number of benzene rings is 2. The summed E-state index contributed by atoms with van der Waals surface area (Å²) in [5, 5.41) is 3.56. The molecule has 2 heteroatoms. The Bertz CT molecular complexity index is 531. The Hall–Kier alpha value is -1.28. The predicted octanol–water partition coefficient (Wildman–Crippen LogP) is 5.75. The van der Waals surface area contributed by atoms with Crippen molar-refractivity contribution in [3.63, 3.8) is 0 Å². The van der Waals surface area contributed by atoms with Crippen molar-refractivity contribution in [2.24, 2.45) is 0 Å². The molecule has 2 aromatic rings. The summed E-state index contributed by atoms with van der Waals surface area (Å²) in [5.41, 5.74) is 3.84. The van der Waals surface area contributed by atoms with Gasteiger partial charge in [0.05, 0.1) is 0 Å². The van der Waals surface area contributed by atoms with Crippen LogP contribution >= 0.6 is 15.9 Å². The highest BCUT2D eigenvalue weighted by atomic mass is 79.9. The molecule has 1 atom stereocenters. The van der Waals surface area contributed by atoms with Crippen LogP contribution in [0.15, 0.2) is 53.0 Å². The topological polar surface area (TPSA) is 12.0 Å². The van der Waals surface area contributed by atoms with Crippen LogP contribution in [0.25, 0.3) is 0 Å². The summed E-state index contributed by atoms with van der Waals surface area (Å²) in [5.74, 6) is 0.560. The first kappa shape index (κ1) is 14.1. The van der Waals surface area contributed by atoms with Gasteiger partial charge in [0.2, 0.25) is 0 Å². The fraction of sp³-hybridized carbons (Fsp3) is 0.294. The van der Waals surface area contributed by atoms with E-state index in [0.29, 0.717) is 12.0 Å². The smallest absolute Gasteiger partial charge is 0.0485 e. The highest BCUT2D eigenvalue weighted by Crippen LogP contribution is 2.23. The van der Waals surface area contributed by atoms with E-state index in [1.165, 1.54) is 16.8 Å². The van der Waals surface area contributed by atoms with Crippen LogP contribution in [0.4, 0.5) is 5.69 Å². The number of halogens is 1.